The minimum atomic E-state index is -3.24. The Morgan fingerprint density at radius 1 is 1.18 bits per heavy atom. The van der Waals surface area contributed by atoms with Crippen LogP contribution in [0.1, 0.15) is 25.8 Å². The van der Waals surface area contributed by atoms with Crippen LogP contribution in [0, 0.1) is 0 Å². The van der Waals surface area contributed by atoms with Crippen molar-refractivity contribution in [2.45, 2.75) is 38.3 Å². The van der Waals surface area contributed by atoms with E-state index in [0.717, 1.165) is 42.0 Å². The van der Waals surface area contributed by atoms with E-state index < -0.39 is 10.0 Å². The Morgan fingerprint density at radius 2 is 1.94 bits per heavy atom. The Bertz CT molecular complexity index is 1160. The maximum atomic E-state index is 12.2. The summed E-state index contributed by atoms with van der Waals surface area (Å²) in [5.41, 5.74) is 8.00. The Hall–Kier alpha value is -2.57. The molecule has 0 aliphatic carbocycles. The van der Waals surface area contributed by atoms with Gasteiger partial charge in [-0.25, -0.2) is 23.4 Å². The summed E-state index contributed by atoms with van der Waals surface area (Å²) in [6.07, 6.45) is 6.18. The van der Waals surface area contributed by atoms with Crippen molar-refractivity contribution in [3.63, 3.8) is 0 Å². The Morgan fingerprint density at radius 3 is 2.61 bits per heavy atom. The molecule has 0 unspecified atom stereocenters. The first kappa shape index (κ1) is 22.2. The van der Waals surface area contributed by atoms with Crippen LogP contribution in [-0.2, 0) is 21.2 Å². The van der Waals surface area contributed by atoms with E-state index in [0.29, 0.717) is 38.8 Å². The number of nitrogen functional groups attached to an aromatic ring is 1. The fourth-order valence-corrected chi connectivity index (χ4v) is 5.96. The number of hydrogen-bond donors (Lipinski definition) is 1. The fourth-order valence-electron chi connectivity index (χ4n) is 5.03. The molecule has 11 nitrogen and oxygen atoms in total. The maximum Gasteiger partial charge on any atom is 0.228 e. The van der Waals surface area contributed by atoms with Gasteiger partial charge in [-0.3, -0.25) is 0 Å². The number of hydrogen-bond acceptors (Lipinski definition) is 10. The van der Waals surface area contributed by atoms with Crippen LogP contribution in [-0.4, -0.2) is 89.9 Å². The van der Waals surface area contributed by atoms with Gasteiger partial charge in [0, 0.05) is 49.7 Å². The highest BCUT2D eigenvalue weighted by atomic mass is 32.2. The third kappa shape index (κ3) is 4.00. The van der Waals surface area contributed by atoms with E-state index in [1.165, 1.54) is 6.26 Å². The summed E-state index contributed by atoms with van der Waals surface area (Å²) >= 11 is 0. The van der Waals surface area contributed by atoms with Gasteiger partial charge < -0.3 is 20.3 Å². The number of ether oxygens (including phenoxy) is 1. The van der Waals surface area contributed by atoms with E-state index in [1.54, 1.807) is 16.7 Å². The summed E-state index contributed by atoms with van der Waals surface area (Å²) in [5, 5.41) is 0. The molecule has 0 bridgehead atoms. The van der Waals surface area contributed by atoms with Crippen molar-refractivity contribution in [1.82, 2.24) is 24.2 Å². The van der Waals surface area contributed by atoms with Gasteiger partial charge in [-0.2, -0.15) is 9.29 Å². The number of aromatic nitrogens is 4. The van der Waals surface area contributed by atoms with Gasteiger partial charge in [0.2, 0.25) is 21.9 Å². The molecular formula is C21H30N8O3S. The molecule has 5 heterocycles. The van der Waals surface area contributed by atoms with Crippen LogP contribution in [0.15, 0.2) is 12.4 Å². The Kier molecular flexibility index (Phi) is 5.41. The quantitative estimate of drug-likeness (QED) is 0.669. The van der Waals surface area contributed by atoms with Gasteiger partial charge in [0.25, 0.3) is 0 Å². The molecule has 0 amide bonds. The van der Waals surface area contributed by atoms with Gasteiger partial charge in [0.1, 0.15) is 5.82 Å². The molecule has 0 saturated carbocycles. The minimum absolute atomic E-state index is 0.143. The number of nitrogens with two attached hydrogens (primary N) is 1. The molecule has 5 rings (SSSR count). The van der Waals surface area contributed by atoms with Crippen LogP contribution in [0.5, 0.6) is 0 Å². The minimum Gasteiger partial charge on any atom is -0.377 e. The van der Waals surface area contributed by atoms with Gasteiger partial charge in [-0.15, -0.1) is 0 Å². The summed E-state index contributed by atoms with van der Waals surface area (Å²) in [4.78, 5) is 22.8. The lowest BCUT2D eigenvalue weighted by molar-refractivity contribution is 0.0981. The molecule has 2 aromatic rings. The van der Waals surface area contributed by atoms with Crippen molar-refractivity contribution in [3.05, 3.63) is 18.0 Å². The van der Waals surface area contributed by atoms with Crippen LogP contribution < -0.4 is 15.5 Å². The number of morpholine rings is 1. The summed E-state index contributed by atoms with van der Waals surface area (Å²) < 4.78 is 31.5. The molecule has 3 aliphatic heterocycles. The van der Waals surface area contributed by atoms with Crippen LogP contribution in [0.25, 0.3) is 11.3 Å². The summed E-state index contributed by atoms with van der Waals surface area (Å²) in [5.74, 6) is 1.72. The predicted molar refractivity (Wildman–Crippen MR) is 126 cm³/mol. The zero-order chi connectivity index (χ0) is 23.4. The Labute approximate surface area is 194 Å². The topological polar surface area (TPSA) is 131 Å². The van der Waals surface area contributed by atoms with E-state index >= 15 is 0 Å². The zero-order valence-electron chi connectivity index (χ0n) is 19.2. The average Bonchev–Trinajstić information content (AvgIpc) is 3.39. The summed E-state index contributed by atoms with van der Waals surface area (Å²) in [6, 6.07) is 0.143. The molecule has 12 heteroatoms. The van der Waals surface area contributed by atoms with Crippen LogP contribution in [0.4, 0.5) is 17.7 Å². The third-order valence-electron chi connectivity index (χ3n) is 6.92. The number of nitrogens with zero attached hydrogens (tertiary/aromatic N) is 7. The molecule has 3 aliphatic rings. The standard InChI is InChI=1S/C21H30N8O3S/c1-14-12-32-9-8-28(14)20-25-17(15-10-23-19(22)24-11-15)16-4-6-29(18(16)26-20)21(2)5-7-27(13-21)33(3,30)31/h10-11,14H,4-9,12-13H2,1-3H3,(H2,22,23,24)/t14-,21-/m1/s1. The molecule has 2 atom stereocenters. The Balaban J connectivity index is 1.60. The van der Waals surface area contributed by atoms with Crippen molar-refractivity contribution in [2.24, 2.45) is 0 Å². The molecule has 33 heavy (non-hydrogen) atoms. The highest BCUT2D eigenvalue weighted by Gasteiger charge is 2.45. The van der Waals surface area contributed by atoms with Crippen molar-refractivity contribution in [3.8, 4) is 11.3 Å². The summed E-state index contributed by atoms with van der Waals surface area (Å²) in [6.45, 7) is 7.87. The van der Waals surface area contributed by atoms with Crippen molar-refractivity contribution in [2.75, 3.05) is 61.2 Å². The number of fused-ring (bicyclic) bond motifs is 1. The summed E-state index contributed by atoms with van der Waals surface area (Å²) in [7, 11) is -3.24. The number of anilines is 3. The van der Waals surface area contributed by atoms with Gasteiger partial charge in [0.05, 0.1) is 36.7 Å². The lowest BCUT2D eigenvalue weighted by Gasteiger charge is -2.38. The first-order chi connectivity index (χ1) is 15.7. The van der Waals surface area contributed by atoms with Crippen molar-refractivity contribution in [1.29, 1.82) is 0 Å². The molecule has 2 N–H and O–H groups in total. The number of rotatable bonds is 4. The zero-order valence-corrected chi connectivity index (χ0v) is 20.0. The molecule has 178 valence electrons. The van der Waals surface area contributed by atoms with Crippen molar-refractivity contribution < 1.29 is 13.2 Å². The van der Waals surface area contributed by atoms with E-state index in [-0.39, 0.29) is 17.5 Å². The molecule has 0 radical (unpaired) electrons. The largest absolute Gasteiger partial charge is 0.377 e. The highest BCUT2D eigenvalue weighted by molar-refractivity contribution is 7.88. The van der Waals surface area contributed by atoms with Gasteiger partial charge in [0.15, 0.2) is 0 Å². The molecule has 0 spiro atoms. The molecule has 2 saturated heterocycles. The lowest BCUT2D eigenvalue weighted by Crippen LogP contribution is -2.49. The second kappa shape index (κ2) is 8.03. The van der Waals surface area contributed by atoms with Gasteiger partial charge >= 0.3 is 0 Å². The van der Waals surface area contributed by atoms with Gasteiger partial charge in [-0.1, -0.05) is 0 Å². The van der Waals surface area contributed by atoms with Crippen LogP contribution in [0.2, 0.25) is 0 Å². The molecule has 2 fully saturated rings. The lowest BCUT2D eigenvalue weighted by atomic mass is 9.99. The normalized spacial score (nSPS) is 26.1. The third-order valence-corrected chi connectivity index (χ3v) is 8.17. The molecule has 0 aromatic carbocycles. The fraction of sp³-hybridized carbons (Fsp3) is 0.619. The van der Waals surface area contributed by atoms with E-state index in [9.17, 15) is 8.42 Å². The SMILES string of the molecule is C[C@@H]1COCCN1c1nc(-c2cnc(N)nc2)c2c(n1)N([C@]1(C)CCN(S(C)(=O)=O)C1)CC2. The van der Waals surface area contributed by atoms with E-state index in [4.69, 9.17) is 20.4 Å². The number of sulfonamides is 1. The smallest absolute Gasteiger partial charge is 0.228 e. The second-order valence-electron chi connectivity index (χ2n) is 9.37. The molecule has 2 aromatic heterocycles. The average molecular weight is 475 g/mol. The monoisotopic (exact) mass is 474 g/mol. The first-order valence-electron chi connectivity index (χ1n) is 11.2. The second-order valence-corrected chi connectivity index (χ2v) is 11.3. The van der Waals surface area contributed by atoms with Crippen LogP contribution in [0.3, 0.4) is 0 Å². The van der Waals surface area contributed by atoms with E-state index in [1.807, 2.05) is 0 Å². The van der Waals surface area contributed by atoms with Crippen molar-refractivity contribution >= 4 is 27.7 Å². The van der Waals surface area contributed by atoms with Gasteiger partial charge in [-0.05, 0) is 26.7 Å². The highest BCUT2D eigenvalue weighted by Crippen LogP contribution is 2.42. The predicted octanol–water partition coefficient (Wildman–Crippen LogP) is 0.527. The maximum absolute atomic E-state index is 12.2. The first-order valence-corrected chi connectivity index (χ1v) is 13.1. The molecular weight excluding hydrogens is 444 g/mol. The van der Waals surface area contributed by atoms with Crippen LogP contribution >= 0.6 is 0 Å². The van der Waals surface area contributed by atoms with E-state index in [2.05, 4.69) is 33.6 Å².